The van der Waals surface area contributed by atoms with Gasteiger partial charge in [0.1, 0.15) is 0 Å². The monoisotopic (exact) mass is 846 g/mol. The van der Waals surface area contributed by atoms with Gasteiger partial charge >= 0.3 is 5.97 Å². The number of ether oxygens (including phenoxy) is 1. The number of aliphatic hydroxyl groups is 2. The Morgan fingerprint density at radius 2 is 0.783 bits per heavy atom. The number of allylic oxidation sites excluding steroid dienone is 3. The van der Waals surface area contributed by atoms with Crippen LogP contribution in [0.15, 0.2) is 24.3 Å². The van der Waals surface area contributed by atoms with Gasteiger partial charge in [0.2, 0.25) is 5.91 Å². The molecule has 0 fully saturated rings. The van der Waals surface area contributed by atoms with Gasteiger partial charge in [-0.15, -0.1) is 0 Å². The summed E-state index contributed by atoms with van der Waals surface area (Å²) in [5, 5.41) is 23.0. The molecule has 0 bridgehead atoms. The zero-order valence-electron chi connectivity index (χ0n) is 40.2. The van der Waals surface area contributed by atoms with E-state index in [-0.39, 0.29) is 18.5 Å². The second kappa shape index (κ2) is 50.0. The molecular weight excluding hydrogens is 743 g/mol. The number of unbranched alkanes of at least 4 members (excludes halogenated alkanes) is 36. The van der Waals surface area contributed by atoms with E-state index in [1.165, 1.54) is 180 Å². The van der Waals surface area contributed by atoms with Gasteiger partial charge in [0.15, 0.2) is 0 Å². The quantitative estimate of drug-likeness (QED) is 0.0322. The fourth-order valence-corrected chi connectivity index (χ4v) is 8.10. The van der Waals surface area contributed by atoms with E-state index in [2.05, 4.69) is 31.3 Å². The summed E-state index contributed by atoms with van der Waals surface area (Å²) in [5.41, 5.74) is 0. The molecule has 0 aliphatic carbocycles. The average Bonchev–Trinajstić information content (AvgIpc) is 3.25. The third-order valence-electron chi connectivity index (χ3n) is 12.2. The van der Waals surface area contributed by atoms with Crippen molar-refractivity contribution in [2.75, 3.05) is 13.2 Å². The average molecular weight is 846 g/mol. The Bertz CT molecular complexity index is 935. The predicted octanol–water partition coefficient (Wildman–Crippen LogP) is 15.9. The van der Waals surface area contributed by atoms with Crippen LogP contribution in [0.2, 0.25) is 0 Å². The van der Waals surface area contributed by atoms with E-state index < -0.39 is 12.1 Å². The van der Waals surface area contributed by atoms with E-state index in [1.54, 1.807) is 6.08 Å². The van der Waals surface area contributed by atoms with Crippen LogP contribution in [-0.4, -0.2) is 47.4 Å². The second-order valence-corrected chi connectivity index (χ2v) is 18.2. The molecule has 0 radical (unpaired) electrons. The number of nitrogens with one attached hydrogen (secondary N) is 1. The molecule has 0 aliphatic rings. The Kier molecular flexibility index (Phi) is 48.6. The van der Waals surface area contributed by atoms with Crippen molar-refractivity contribution in [1.82, 2.24) is 5.32 Å². The third-order valence-corrected chi connectivity index (χ3v) is 12.2. The first-order valence-electron chi connectivity index (χ1n) is 26.6. The van der Waals surface area contributed by atoms with Gasteiger partial charge in [-0.3, -0.25) is 9.59 Å². The fourth-order valence-electron chi connectivity index (χ4n) is 8.10. The number of rotatable bonds is 49. The highest BCUT2D eigenvalue weighted by molar-refractivity contribution is 5.76. The van der Waals surface area contributed by atoms with E-state index >= 15 is 0 Å². The van der Waals surface area contributed by atoms with E-state index in [9.17, 15) is 19.8 Å². The van der Waals surface area contributed by atoms with Crippen molar-refractivity contribution in [2.45, 2.75) is 296 Å². The minimum absolute atomic E-state index is 0.0342. The largest absolute Gasteiger partial charge is 0.466 e. The first-order valence-corrected chi connectivity index (χ1v) is 26.6. The second-order valence-electron chi connectivity index (χ2n) is 18.2. The molecule has 1 amide bonds. The Balaban J connectivity index is 3.53. The lowest BCUT2D eigenvalue weighted by Crippen LogP contribution is -2.45. The maximum atomic E-state index is 12.4. The predicted molar refractivity (Wildman–Crippen MR) is 260 cm³/mol. The highest BCUT2D eigenvalue weighted by Crippen LogP contribution is 2.16. The normalized spacial score (nSPS) is 12.8. The minimum Gasteiger partial charge on any atom is -0.466 e. The van der Waals surface area contributed by atoms with Crippen molar-refractivity contribution in [3.05, 3.63) is 24.3 Å². The van der Waals surface area contributed by atoms with Gasteiger partial charge in [-0.25, -0.2) is 0 Å². The van der Waals surface area contributed by atoms with Crippen molar-refractivity contribution in [2.24, 2.45) is 0 Å². The highest BCUT2D eigenvalue weighted by Gasteiger charge is 2.18. The molecule has 2 unspecified atom stereocenters. The molecule has 0 spiro atoms. The summed E-state index contributed by atoms with van der Waals surface area (Å²) in [5.74, 6) is -0.137. The van der Waals surface area contributed by atoms with Crippen molar-refractivity contribution >= 4 is 11.9 Å². The molecule has 0 heterocycles. The summed E-state index contributed by atoms with van der Waals surface area (Å²) in [7, 11) is 0. The molecule has 3 N–H and O–H groups in total. The number of carbonyl (C=O) groups is 2. The molecular formula is C54H103NO5. The summed E-state index contributed by atoms with van der Waals surface area (Å²) in [4.78, 5) is 24.5. The van der Waals surface area contributed by atoms with Crippen molar-refractivity contribution in [3.63, 3.8) is 0 Å². The van der Waals surface area contributed by atoms with Crippen molar-refractivity contribution in [1.29, 1.82) is 0 Å². The van der Waals surface area contributed by atoms with Gasteiger partial charge in [0, 0.05) is 12.8 Å². The number of hydrogen-bond acceptors (Lipinski definition) is 5. The van der Waals surface area contributed by atoms with Gasteiger partial charge in [0.05, 0.1) is 25.4 Å². The SMILES string of the molecule is CCCCCCCCCCCCCCC/C=C/C(O)C(CO)NC(=O)CCCCCC/C=C\CCCCOC(=O)CCCCCCCCCCCCCCCCCCCC. The van der Waals surface area contributed by atoms with Gasteiger partial charge in [-0.05, 0) is 57.8 Å². The standard InChI is InChI=1S/C54H103NO5/c1-3-5-7-9-11-13-15-17-19-20-21-23-25-27-32-36-40-44-48-54(59)60-49-45-41-37-33-29-28-31-35-39-43-47-53(58)55-51(50-56)52(57)46-42-38-34-30-26-24-22-18-16-14-12-10-8-6-4-2/h29,33,42,46,51-52,56-57H,3-28,30-32,34-41,43-45,47-50H2,1-2H3,(H,55,58)/b33-29-,46-42+. The number of carbonyl (C=O) groups excluding carboxylic acids is 2. The number of amides is 1. The Labute approximate surface area is 373 Å². The molecule has 6 nitrogen and oxygen atoms in total. The molecule has 0 aromatic rings. The molecule has 0 aromatic heterocycles. The maximum absolute atomic E-state index is 12.4. The van der Waals surface area contributed by atoms with Gasteiger partial charge in [0.25, 0.3) is 0 Å². The van der Waals surface area contributed by atoms with Gasteiger partial charge in [-0.2, -0.15) is 0 Å². The summed E-state index contributed by atoms with van der Waals surface area (Å²) < 4.78 is 5.45. The number of aliphatic hydroxyl groups excluding tert-OH is 2. The van der Waals surface area contributed by atoms with Crippen LogP contribution in [0, 0.1) is 0 Å². The van der Waals surface area contributed by atoms with E-state index in [4.69, 9.17) is 4.74 Å². The fraction of sp³-hybridized carbons (Fsp3) is 0.889. The van der Waals surface area contributed by atoms with Gasteiger partial charge < -0.3 is 20.3 Å². The first kappa shape index (κ1) is 58.3. The maximum Gasteiger partial charge on any atom is 0.305 e. The third kappa shape index (κ3) is 45.9. The van der Waals surface area contributed by atoms with Crippen LogP contribution in [-0.2, 0) is 14.3 Å². The first-order chi connectivity index (χ1) is 29.5. The number of hydrogen-bond donors (Lipinski definition) is 3. The molecule has 0 aromatic carbocycles. The lowest BCUT2D eigenvalue weighted by molar-refractivity contribution is -0.143. The minimum atomic E-state index is -0.865. The molecule has 60 heavy (non-hydrogen) atoms. The van der Waals surface area contributed by atoms with Crippen LogP contribution in [0.5, 0.6) is 0 Å². The van der Waals surface area contributed by atoms with Crippen LogP contribution < -0.4 is 5.32 Å². The summed E-state index contributed by atoms with van der Waals surface area (Å²) in [6.07, 6.45) is 59.0. The molecule has 0 saturated carbocycles. The number of esters is 1. The van der Waals surface area contributed by atoms with Crippen molar-refractivity contribution in [3.8, 4) is 0 Å². The zero-order chi connectivity index (χ0) is 43.7. The molecule has 354 valence electrons. The molecule has 6 heteroatoms. The lowest BCUT2D eigenvalue weighted by atomic mass is 10.0. The van der Waals surface area contributed by atoms with Crippen molar-refractivity contribution < 1.29 is 24.5 Å². The van der Waals surface area contributed by atoms with Crippen LogP contribution in [0.1, 0.15) is 284 Å². The topological polar surface area (TPSA) is 95.9 Å². The molecule has 0 aliphatic heterocycles. The van der Waals surface area contributed by atoms with Crippen LogP contribution in [0.25, 0.3) is 0 Å². The Morgan fingerprint density at radius 1 is 0.450 bits per heavy atom. The van der Waals surface area contributed by atoms with E-state index in [0.29, 0.717) is 19.4 Å². The summed E-state index contributed by atoms with van der Waals surface area (Å²) in [6, 6.07) is -0.652. The van der Waals surface area contributed by atoms with E-state index in [1.807, 2.05) is 6.08 Å². The highest BCUT2D eigenvalue weighted by atomic mass is 16.5. The molecule has 2 atom stereocenters. The zero-order valence-corrected chi connectivity index (χ0v) is 40.2. The Hall–Kier alpha value is -1.66. The lowest BCUT2D eigenvalue weighted by Gasteiger charge is -2.20. The van der Waals surface area contributed by atoms with E-state index in [0.717, 1.165) is 77.0 Å². The smallest absolute Gasteiger partial charge is 0.305 e. The van der Waals surface area contributed by atoms with Gasteiger partial charge in [-0.1, -0.05) is 237 Å². The molecule has 0 saturated heterocycles. The van der Waals surface area contributed by atoms with Crippen LogP contribution in [0.4, 0.5) is 0 Å². The van der Waals surface area contributed by atoms with Crippen LogP contribution in [0.3, 0.4) is 0 Å². The van der Waals surface area contributed by atoms with Crippen LogP contribution >= 0.6 is 0 Å². The molecule has 0 rings (SSSR count). The summed E-state index contributed by atoms with van der Waals surface area (Å²) >= 11 is 0. The Morgan fingerprint density at radius 3 is 1.18 bits per heavy atom. The summed E-state index contributed by atoms with van der Waals surface area (Å²) in [6.45, 7) is 4.82.